The second-order valence-electron chi connectivity index (χ2n) is 1.04. The van der Waals surface area contributed by atoms with E-state index in [-0.39, 0.29) is 46.1 Å². The van der Waals surface area contributed by atoms with Crippen LogP contribution in [-0.4, -0.2) is 77.2 Å². The van der Waals surface area contributed by atoms with Crippen molar-refractivity contribution in [3.63, 3.8) is 0 Å². The summed E-state index contributed by atoms with van der Waals surface area (Å²) in [5.41, 5.74) is 0. The second-order valence-corrected chi connectivity index (χ2v) is 1.04. The van der Waals surface area contributed by atoms with Crippen LogP contribution in [0.15, 0.2) is 0 Å². The molecule has 1 atom stereocenters. The van der Waals surface area contributed by atoms with Gasteiger partial charge in [0.25, 0.3) is 0 Å². The third-order valence-electron chi connectivity index (χ3n) is 0.458. The van der Waals surface area contributed by atoms with Crippen LogP contribution in [0.25, 0.3) is 0 Å². The average Bonchev–Trinajstić information content (AvgIpc) is 1.65. The summed E-state index contributed by atoms with van der Waals surface area (Å²) < 4.78 is 0. The van der Waals surface area contributed by atoms with E-state index in [0.717, 1.165) is 0 Å². The fourth-order valence-corrected chi connectivity index (χ4v) is 0.0781. The zero-order valence-electron chi connectivity index (χ0n) is 6.74. The number of aliphatic carboxylic acids is 1. The van der Waals surface area contributed by atoms with Gasteiger partial charge >= 0.3 is 43.7 Å². The van der Waals surface area contributed by atoms with Gasteiger partial charge in [-0.3, -0.25) is 0 Å². The van der Waals surface area contributed by atoms with E-state index < -0.39 is 18.7 Å². The van der Waals surface area contributed by atoms with Gasteiger partial charge in [-0.25, -0.2) is 4.79 Å². The molecule has 0 spiro atoms. The quantitative estimate of drug-likeness (QED) is 0.392. The van der Waals surface area contributed by atoms with E-state index in [1.165, 1.54) is 0 Å². The molecule has 0 bridgehead atoms. The SMILES string of the molecule is O.O=C(O)C(O)CO.[Ca+2].[H-].[H-]. The molecule has 0 rings (SSSR count). The van der Waals surface area contributed by atoms with E-state index in [2.05, 4.69) is 0 Å². The molecule has 0 aliphatic carbocycles. The Balaban J connectivity index is -0.0000000300. The van der Waals surface area contributed by atoms with Gasteiger partial charge in [0.1, 0.15) is 0 Å². The Hall–Kier alpha value is 0.610. The van der Waals surface area contributed by atoms with Crippen molar-refractivity contribution >= 4 is 43.7 Å². The van der Waals surface area contributed by atoms with Gasteiger partial charge in [0, 0.05) is 0 Å². The number of hydrogen-bond donors (Lipinski definition) is 3. The van der Waals surface area contributed by atoms with Gasteiger partial charge in [0.15, 0.2) is 6.10 Å². The van der Waals surface area contributed by atoms with Crippen LogP contribution in [0.1, 0.15) is 2.85 Å². The summed E-state index contributed by atoms with van der Waals surface area (Å²) in [6, 6.07) is 0. The number of carboxylic acids is 1. The van der Waals surface area contributed by atoms with E-state index in [0.29, 0.717) is 0 Å². The molecule has 0 aliphatic heterocycles. The molecule has 0 aliphatic rings. The molecule has 6 heteroatoms. The van der Waals surface area contributed by atoms with Crippen molar-refractivity contribution < 1.29 is 28.4 Å². The zero-order valence-corrected chi connectivity index (χ0v) is 6.95. The van der Waals surface area contributed by atoms with Crippen LogP contribution in [0, 0.1) is 0 Å². The van der Waals surface area contributed by atoms with Crippen molar-refractivity contribution in [1.82, 2.24) is 0 Å². The maximum Gasteiger partial charge on any atom is 2.00 e. The summed E-state index contributed by atoms with van der Waals surface area (Å²) >= 11 is 0. The molecule has 0 heterocycles. The fraction of sp³-hybridized carbons (Fsp3) is 0.667. The molecule has 0 radical (unpaired) electrons. The molecule has 9 heavy (non-hydrogen) atoms. The van der Waals surface area contributed by atoms with Crippen LogP contribution in [0.2, 0.25) is 0 Å². The Bertz CT molecular complexity index is 82.1. The van der Waals surface area contributed by atoms with Gasteiger partial charge in [0.2, 0.25) is 0 Å². The van der Waals surface area contributed by atoms with Crippen LogP contribution < -0.4 is 0 Å². The van der Waals surface area contributed by atoms with E-state index >= 15 is 0 Å². The van der Waals surface area contributed by atoms with E-state index in [4.69, 9.17) is 15.3 Å². The van der Waals surface area contributed by atoms with Crippen LogP contribution in [0.3, 0.4) is 0 Å². The summed E-state index contributed by atoms with van der Waals surface area (Å²) in [6.07, 6.45) is -1.63. The van der Waals surface area contributed by atoms with Gasteiger partial charge < -0.3 is 23.6 Å². The van der Waals surface area contributed by atoms with Crippen molar-refractivity contribution in [2.24, 2.45) is 0 Å². The van der Waals surface area contributed by atoms with Crippen LogP contribution >= 0.6 is 0 Å². The molecule has 1 unspecified atom stereocenters. The third-order valence-corrected chi connectivity index (χ3v) is 0.458. The Kier molecular flexibility index (Phi) is 15.6. The van der Waals surface area contributed by atoms with E-state index in [1.54, 1.807) is 0 Å². The Morgan fingerprint density at radius 3 is 2.00 bits per heavy atom. The number of carbonyl (C=O) groups is 1. The molecule has 0 aromatic carbocycles. The number of hydrogen-bond acceptors (Lipinski definition) is 3. The number of aliphatic hydroxyl groups is 2. The van der Waals surface area contributed by atoms with Crippen LogP contribution in [0.4, 0.5) is 0 Å². The first-order chi connectivity index (χ1) is 3.18. The normalized spacial score (nSPS) is 10.4. The first-order valence-electron chi connectivity index (χ1n) is 1.70. The summed E-state index contributed by atoms with van der Waals surface area (Å²) in [4.78, 5) is 9.52. The van der Waals surface area contributed by atoms with Gasteiger partial charge in [-0.05, 0) is 0 Å². The largest absolute Gasteiger partial charge is 2.00 e. The monoisotopic (exact) mass is 166 g/mol. The Labute approximate surface area is 84.6 Å². The predicted molar refractivity (Wildman–Crippen MR) is 32.3 cm³/mol. The molecule has 0 aromatic rings. The molecule has 0 saturated heterocycles. The smallest absolute Gasteiger partial charge is 1.00 e. The summed E-state index contributed by atoms with van der Waals surface area (Å²) in [7, 11) is 0. The summed E-state index contributed by atoms with van der Waals surface area (Å²) in [5, 5.41) is 23.7. The van der Waals surface area contributed by atoms with Crippen molar-refractivity contribution in [2.75, 3.05) is 6.61 Å². The molecule has 54 valence electrons. The third kappa shape index (κ3) is 8.61. The molecule has 5 nitrogen and oxygen atoms in total. The van der Waals surface area contributed by atoms with E-state index in [9.17, 15) is 4.79 Å². The van der Waals surface area contributed by atoms with Crippen LogP contribution in [-0.2, 0) is 4.79 Å². The molecule has 0 aromatic heterocycles. The maximum absolute atomic E-state index is 9.52. The minimum Gasteiger partial charge on any atom is -1.00 e. The number of carboxylic acid groups (broad SMARTS) is 1. The molecule has 0 amide bonds. The van der Waals surface area contributed by atoms with Gasteiger partial charge in [-0.15, -0.1) is 0 Å². The molecule has 0 saturated carbocycles. The van der Waals surface area contributed by atoms with Crippen molar-refractivity contribution in [3.8, 4) is 0 Å². The Morgan fingerprint density at radius 1 is 1.67 bits per heavy atom. The van der Waals surface area contributed by atoms with E-state index in [1.807, 2.05) is 0 Å². The molecule has 0 fully saturated rings. The van der Waals surface area contributed by atoms with Crippen molar-refractivity contribution in [2.45, 2.75) is 6.10 Å². The van der Waals surface area contributed by atoms with Crippen molar-refractivity contribution in [3.05, 3.63) is 0 Å². The first kappa shape index (κ1) is 16.3. The molecule has 5 N–H and O–H groups in total. The molecular formula is C3H10CaO5. The van der Waals surface area contributed by atoms with Gasteiger partial charge in [0.05, 0.1) is 6.61 Å². The van der Waals surface area contributed by atoms with Crippen molar-refractivity contribution in [1.29, 1.82) is 0 Å². The maximum atomic E-state index is 9.52. The second kappa shape index (κ2) is 8.61. The topological polar surface area (TPSA) is 109 Å². The number of rotatable bonds is 2. The summed E-state index contributed by atoms with van der Waals surface area (Å²) in [5.74, 6) is -1.40. The minimum atomic E-state index is -1.63. The number of aliphatic hydroxyl groups excluding tert-OH is 2. The fourth-order valence-electron chi connectivity index (χ4n) is 0.0781. The summed E-state index contributed by atoms with van der Waals surface area (Å²) in [6.45, 7) is -0.727. The van der Waals surface area contributed by atoms with Gasteiger partial charge in [-0.2, -0.15) is 0 Å². The zero-order chi connectivity index (χ0) is 5.86. The Morgan fingerprint density at radius 2 is 2.00 bits per heavy atom. The van der Waals surface area contributed by atoms with Gasteiger partial charge in [-0.1, -0.05) is 0 Å². The first-order valence-corrected chi connectivity index (χ1v) is 1.70. The average molecular weight is 166 g/mol. The molecular weight excluding hydrogens is 156 g/mol. The van der Waals surface area contributed by atoms with Crippen LogP contribution in [0.5, 0.6) is 0 Å². The standard InChI is InChI=1S/C3H6O4.Ca.H2O.2H/c4-1-2(5)3(6)7;;;;/h2,4-5H,1H2,(H,6,7);;1H2;;/q;+2;;2*-1. The minimum absolute atomic E-state index is 0. The predicted octanol–water partition coefficient (Wildman–Crippen LogP) is -2.56.